The highest BCUT2D eigenvalue weighted by Crippen LogP contribution is 2.30. The van der Waals surface area contributed by atoms with Crippen LogP contribution in [0.1, 0.15) is 67.6 Å². The van der Waals surface area contributed by atoms with E-state index in [9.17, 15) is 9.59 Å². The van der Waals surface area contributed by atoms with E-state index in [2.05, 4.69) is 64.1 Å². The summed E-state index contributed by atoms with van der Waals surface area (Å²) >= 11 is 5.97. The molecular formula is C36H42ClN3O2. The number of hydrogen-bond donors (Lipinski definition) is 2. The zero-order valence-electron chi connectivity index (χ0n) is 24.3. The van der Waals surface area contributed by atoms with E-state index in [4.69, 9.17) is 11.6 Å². The monoisotopic (exact) mass is 583 g/mol. The van der Waals surface area contributed by atoms with Crippen molar-refractivity contribution in [3.05, 3.63) is 113 Å². The first-order valence-corrected chi connectivity index (χ1v) is 15.8. The average Bonchev–Trinajstić information content (AvgIpc) is 3.50. The Morgan fingerprint density at radius 2 is 1.55 bits per heavy atom. The molecule has 1 saturated carbocycles. The van der Waals surface area contributed by atoms with Gasteiger partial charge in [0.05, 0.1) is 6.04 Å². The topological polar surface area (TPSA) is 61.4 Å². The van der Waals surface area contributed by atoms with Gasteiger partial charge < -0.3 is 15.5 Å². The molecule has 3 aromatic carbocycles. The highest BCUT2D eigenvalue weighted by atomic mass is 35.5. The van der Waals surface area contributed by atoms with Crippen LogP contribution in [0.5, 0.6) is 0 Å². The molecule has 42 heavy (non-hydrogen) atoms. The van der Waals surface area contributed by atoms with Crippen LogP contribution in [0.3, 0.4) is 0 Å². The molecule has 0 bridgehead atoms. The first kappa shape index (κ1) is 30.1. The Kier molecular flexibility index (Phi) is 10.9. The summed E-state index contributed by atoms with van der Waals surface area (Å²) in [6.07, 6.45) is 11.2. The fourth-order valence-electron chi connectivity index (χ4n) is 6.35. The van der Waals surface area contributed by atoms with Crippen LogP contribution in [-0.2, 0) is 9.59 Å². The molecule has 5 rings (SSSR count). The largest absolute Gasteiger partial charge is 0.351 e. The van der Waals surface area contributed by atoms with Gasteiger partial charge in [-0.2, -0.15) is 0 Å². The highest BCUT2D eigenvalue weighted by Gasteiger charge is 2.33. The fraction of sp³-hybridized carbons (Fsp3) is 0.389. The number of amides is 2. The van der Waals surface area contributed by atoms with Crippen molar-refractivity contribution in [1.29, 1.82) is 0 Å². The summed E-state index contributed by atoms with van der Waals surface area (Å²) in [6, 6.07) is 28.1. The van der Waals surface area contributed by atoms with Crippen molar-refractivity contribution in [2.75, 3.05) is 19.6 Å². The van der Waals surface area contributed by atoms with Crippen LogP contribution in [0.4, 0.5) is 0 Å². The van der Waals surface area contributed by atoms with Gasteiger partial charge in [-0.05, 0) is 60.1 Å². The van der Waals surface area contributed by atoms with Crippen molar-refractivity contribution < 1.29 is 9.59 Å². The normalized spacial score (nSPS) is 19.9. The van der Waals surface area contributed by atoms with Crippen LogP contribution in [-0.4, -0.2) is 48.4 Å². The molecule has 2 atom stereocenters. The van der Waals surface area contributed by atoms with E-state index in [0.717, 1.165) is 24.8 Å². The Balaban J connectivity index is 1.27. The molecule has 1 saturated heterocycles. The van der Waals surface area contributed by atoms with Crippen molar-refractivity contribution in [2.24, 2.45) is 5.92 Å². The van der Waals surface area contributed by atoms with Gasteiger partial charge in [-0.3, -0.25) is 9.59 Å². The molecule has 5 nitrogen and oxygen atoms in total. The van der Waals surface area contributed by atoms with Crippen LogP contribution in [0.2, 0.25) is 5.02 Å². The summed E-state index contributed by atoms with van der Waals surface area (Å²) in [7, 11) is 0. The molecule has 1 heterocycles. The maximum atomic E-state index is 14.1. The van der Waals surface area contributed by atoms with Crippen molar-refractivity contribution in [2.45, 2.75) is 62.9 Å². The number of hydrogen-bond acceptors (Lipinski definition) is 3. The minimum absolute atomic E-state index is 0.0207. The predicted octanol–water partition coefficient (Wildman–Crippen LogP) is 6.83. The van der Waals surface area contributed by atoms with Crippen molar-refractivity contribution in [3.8, 4) is 0 Å². The van der Waals surface area contributed by atoms with Crippen molar-refractivity contribution >= 4 is 29.5 Å². The third kappa shape index (κ3) is 8.56. The molecule has 0 unspecified atom stereocenters. The second kappa shape index (κ2) is 15.2. The molecule has 220 valence electrons. The molecule has 3 aromatic rings. The van der Waals surface area contributed by atoms with Gasteiger partial charge in [0.25, 0.3) is 0 Å². The number of nitrogens with zero attached hydrogens (tertiary/aromatic N) is 1. The molecule has 2 N–H and O–H groups in total. The van der Waals surface area contributed by atoms with E-state index >= 15 is 0 Å². The van der Waals surface area contributed by atoms with E-state index < -0.39 is 0 Å². The highest BCUT2D eigenvalue weighted by molar-refractivity contribution is 6.30. The molecule has 1 aliphatic heterocycles. The van der Waals surface area contributed by atoms with Gasteiger partial charge in [0, 0.05) is 42.7 Å². The van der Waals surface area contributed by atoms with E-state index in [-0.39, 0.29) is 29.8 Å². The number of benzene rings is 3. The summed E-state index contributed by atoms with van der Waals surface area (Å²) in [4.78, 5) is 28.8. The summed E-state index contributed by atoms with van der Waals surface area (Å²) in [6.45, 7) is 1.77. The van der Waals surface area contributed by atoms with Crippen LogP contribution in [0.25, 0.3) is 6.08 Å². The van der Waals surface area contributed by atoms with E-state index in [1.807, 2.05) is 36.4 Å². The minimum Gasteiger partial charge on any atom is -0.351 e. The molecule has 0 radical (unpaired) electrons. The molecule has 2 fully saturated rings. The number of halogens is 1. The first-order chi connectivity index (χ1) is 20.5. The fourth-order valence-corrected chi connectivity index (χ4v) is 6.48. The zero-order valence-corrected chi connectivity index (χ0v) is 25.0. The first-order valence-electron chi connectivity index (χ1n) is 15.4. The third-order valence-electron chi connectivity index (χ3n) is 8.76. The third-order valence-corrected chi connectivity index (χ3v) is 9.01. The number of rotatable bonds is 11. The lowest BCUT2D eigenvalue weighted by Crippen LogP contribution is -2.49. The number of carbonyl (C=O) groups is 2. The van der Waals surface area contributed by atoms with E-state index in [1.165, 1.54) is 36.8 Å². The second-order valence-electron chi connectivity index (χ2n) is 11.7. The molecule has 0 aromatic heterocycles. The molecule has 2 amide bonds. The Hall–Kier alpha value is -3.41. The lowest BCUT2D eigenvalue weighted by Gasteiger charge is -2.29. The Morgan fingerprint density at radius 3 is 2.19 bits per heavy atom. The Bertz CT molecular complexity index is 1270. The zero-order chi connectivity index (χ0) is 29.1. The average molecular weight is 584 g/mol. The van der Waals surface area contributed by atoms with Crippen molar-refractivity contribution in [1.82, 2.24) is 15.5 Å². The summed E-state index contributed by atoms with van der Waals surface area (Å²) < 4.78 is 0. The number of carbonyl (C=O) groups excluding carboxylic acids is 2. The quantitative estimate of drug-likeness (QED) is 0.243. The molecule has 1 aliphatic carbocycles. The van der Waals surface area contributed by atoms with Gasteiger partial charge in [-0.25, -0.2) is 0 Å². The smallest absolute Gasteiger partial charge is 0.244 e. The van der Waals surface area contributed by atoms with Crippen molar-refractivity contribution in [3.63, 3.8) is 0 Å². The molecular weight excluding hydrogens is 542 g/mol. The molecule has 6 heteroatoms. The van der Waals surface area contributed by atoms with Crippen LogP contribution in [0, 0.1) is 5.92 Å². The van der Waals surface area contributed by atoms with E-state index in [0.29, 0.717) is 30.6 Å². The molecule has 0 spiro atoms. The van der Waals surface area contributed by atoms with Gasteiger partial charge in [0.1, 0.15) is 0 Å². The Morgan fingerprint density at radius 1 is 0.905 bits per heavy atom. The lowest BCUT2D eigenvalue weighted by atomic mass is 9.90. The van der Waals surface area contributed by atoms with Crippen LogP contribution >= 0.6 is 11.6 Å². The SMILES string of the molecule is O=C(/C=C/c1ccc(Cl)cc1)NC[C@@H]1CCN(CC(c2ccccc2)c2ccccc2)C(=O)[C@H](CCC2CCCC2)N1. The van der Waals surface area contributed by atoms with Crippen LogP contribution in [0.15, 0.2) is 91.0 Å². The van der Waals surface area contributed by atoms with Gasteiger partial charge >= 0.3 is 0 Å². The van der Waals surface area contributed by atoms with Gasteiger partial charge in [0.15, 0.2) is 0 Å². The minimum atomic E-state index is -0.244. The maximum Gasteiger partial charge on any atom is 0.244 e. The van der Waals surface area contributed by atoms with E-state index in [1.54, 1.807) is 12.2 Å². The van der Waals surface area contributed by atoms with Gasteiger partial charge in [-0.1, -0.05) is 110 Å². The number of nitrogens with one attached hydrogen (secondary N) is 2. The van der Waals surface area contributed by atoms with Crippen LogP contribution < -0.4 is 10.6 Å². The lowest BCUT2D eigenvalue weighted by molar-refractivity contribution is -0.133. The summed E-state index contributed by atoms with van der Waals surface area (Å²) in [5, 5.41) is 7.39. The predicted molar refractivity (Wildman–Crippen MR) is 171 cm³/mol. The standard InChI is InChI=1S/C36H42ClN3O2/c37-31-19-15-28(16-20-31)18-22-35(41)38-25-32-23-24-40(36(42)34(39-32)21-17-27-9-7-8-10-27)26-33(29-11-3-1-4-12-29)30-13-5-2-6-14-30/h1-6,11-16,18-20,22,27,32-34,39H,7-10,17,21,23-26H2,(H,38,41)/b22-18+/t32-,34-/m0/s1. The summed E-state index contributed by atoms with van der Waals surface area (Å²) in [5.41, 5.74) is 3.35. The van der Waals surface area contributed by atoms with Gasteiger partial charge in [0.2, 0.25) is 11.8 Å². The van der Waals surface area contributed by atoms with Gasteiger partial charge in [-0.15, -0.1) is 0 Å². The summed E-state index contributed by atoms with van der Waals surface area (Å²) in [5.74, 6) is 0.853. The molecule has 2 aliphatic rings. The Labute approximate surface area is 255 Å². The maximum absolute atomic E-state index is 14.1. The second-order valence-corrected chi connectivity index (χ2v) is 12.2.